The molecule has 0 fully saturated rings. The molecule has 0 saturated heterocycles. The molecule has 0 atom stereocenters. The molecule has 2 aromatic carbocycles. The molecule has 0 unspecified atom stereocenters. The topological polar surface area (TPSA) is 80.9 Å². The average molecular weight is 284 g/mol. The predicted octanol–water partition coefficient (Wildman–Crippen LogP) is 1.42. The van der Waals surface area contributed by atoms with Crippen molar-refractivity contribution in [2.24, 2.45) is 5.73 Å². The van der Waals surface area contributed by atoms with Gasteiger partial charge in [0.25, 0.3) is 5.56 Å². The van der Waals surface area contributed by atoms with Gasteiger partial charge in [0.05, 0.1) is 23.0 Å². The van der Waals surface area contributed by atoms with Crippen molar-refractivity contribution < 1.29 is 9.18 Å². The molecule has 1 aromatic heterocycles. The first-order chi connectivity index (χ1) is 10.1. The minimum Gasteiger partial charge on any atom is -0.366 e. The Bertz CT molecular complexity index is 878. The maximum absolute atomic E-state index is 12.9. The van der Waals surface area contributed by atoms with Crippen LogP contribution in [0.4, 0.5) is 4.39 Å². The van der Waals surface area contributed by atoms with Gasteiger partial charge in [0.2, 0.25) is 5.91 Å². The van der Waals surface area contributed by atoms with Crippen molar-refractivity contribution in [1.29, 1.82) is 0 Å². The molecule has 105 valence electrons. The standard InChI is InChI=1S/C15H11FN3O2/c16-10-6-4-9(5-7-10)8-19-12-3-1-2-11(14(17)20)13(12)15(21)18-19/h1,3-7H,8H2,(H2,17,20)(H,18,21). The number of hydrogen-bond acceptors (Lipinski definition) is 2. The second-order valence-corrected chi connectivity index (χ2v) is 4.63. The number of nitrogens with two attached hydrogens (primary N) is 1. The number of aromatic nitrogens is 2. The highest BCUT2D eigenvalue weighted by atomic mass is 19.1. The molecule has 1 heterocycles. The molecule has 0 aliphatic rings. The van der Waals surface area contributed by atoms with Crippen LogP contribution in [0.5, 0.6) is 0 Å². The third-order valence-corrected chi connectivity index (χ3v) is 3.23. The first-order valence-electron chi connectivity index (χ1n) is 6.23. The van der Waals surface area contributed by atoms with E-state index < -0.39 is 11.5 Å². The number of rotatable bonds is 3. The summed E-state index contributed by atoms with van der Waals surface area (Å²) in [5, 5.41) is 2.87. The summed E-state index contributed by atoms with van der Waals surface area (Å²) in [5.41, 5.74) is 6.28. The lowest BCUT2D eigenvalue weighted by molar-refractivity contribution is 0.100. The lowest BCUT2D eigenvalue weighted by Gasteiger charge is -2.05. The quantitative estimate of drug-likeness (QED) is 0.762. The summed E-state index contributed by atoms with van der Waals surface area (Å²) in [4.78, 5) is 23.4. The maximum Gasteiger partial charge on any atom is 0.272 e. The molecular formula is C15H11FN3O2. The van der Waals surface area contributed by atoms with Crippen molar-refractivity contribution in [3.8, 4) is 0 Å². The largest absolute Gasteiger partial charge is 0.366 e. The summed E-state index contributed by atoms with van der Waals surface area (Å²) in [5.74, 6) is -1.03. The van der Waals surface area contributed by atoms with E-state index in [-0.39, 0.29) is 16.8 Å². The minimum atomic E-state index is -0.703. The zero-order valence-electron chi connectivity index (χ0n) is 10.9. The van der Waals surface area contributed by atoms with Crippen LogP contribution in [-0.4, -0.2) is 15.7 Å². The van der Waals surface area contributed by atoms with Crippen molar-refractivity contribution in [3.05, 3.63) is 69.8 Å². The number of benzene rings is 2. The van der Waals surface area contributed by atoms with Gasteiger partial charge in [-0.25, -0.2) is 4.39 Å². The van der Waals surface area contributed by atoms with Gasteiger partial charge in [-0.05, 0) is 29.8 Å². The number of nitrogens with one attached hydrogen (secondary N) is 1. The Morgan fingerprint density at radius 2 is 2.00 bits per heavy atom. The Morgan fingerprint density at radius 1 is 1.29 bits per heavy atom. The van der Waals surface area contributed by atoms with Crippen LogP contribution in [0.25, 0.3) is 10.9 Å². The fraction of sp³-hybridized carbons (Fsp3) is 0.0667. The van der Waals surface area contributed by atoms with Crippen LogP contribution in [0.1, 0.15) is 15.9 Å². The van der Waals surface area contributed by atoms with E-state index in [9.17, 15) is 14.0 Å². The SMILES string of the molecule is NC(=O)c1[c]ccc2c1c(=O)[nH]n2Cc1ccc(F)cc1. The highest BCUT2D eigenvalue weighted by Gasteiger charge is 2.14. The number of halogens is 1. The minimum absolute atomic E-state index is 0.0617. The van der Waals surface area contributed by atoms with E-state index in [1.165, 1.54) is 18.2 Å². The predicted molar refractivity (Wildman–Crippen MR) is 75.4 cm³/mol. The molecule has 0 aliphatic heterocycles. The second kappa shape index (κ2) is 4.90. The van der Waals surface area contributed by atoms with Crippen molar-refractivity contribution in [2.75, 3.05) is 0 Å². The zero-order valence-corrected chi connectivity index (χ0v) is 10.9. The lowest BCUT2D eigenvalue weighted by Crippen LogP contribution is -2.14. The number of primary amides is 1. The van der Waals surface area contributed by atoms with Gasteiger partial charge >= 0.3 is 0 Å². The van der Waals surface area contributed by atoms with Gasteiger partial charge in [0.15, 0.2) is 0 Å². The van der Waals surface area contributed by atoms with Crippen LogP contribution < -0.4 is 11.3 Å². The van der Waals surface area contributed by atoms with Crippen LogP contribution >= 0.6 is 0 Å². The molecule has 0 aliphatic carbocycles. The van der Waals surface area contributed by atoms with Gasteiger partial charge in [-0.2, -0.15) is 0 Å². The second-order valence-electron chi connectivity index (χ2n) is 4.63. The Kier molecular flexibility index (Phi) is 3.06. The Balaban J connectivity index is 2.12. The fourth-order valence-electron chi connectivity index (χ4n) is 2.27. The third-order valence-electron chi connectivity index (χ3n) is 3.23. The van der Waals surface area contributed by atoms with E-state index in [1.54, 1.807) is 22.9 Å². The van der Waals surface area contributed by atoms with Crippen LogP contribution in [0.3, 0.4) is 0 Å². The number of hydrogen-bond donors (Lipinski definition) is 2. The molecule has 1 radical (unpaired) electrons. The molecule has 0 spiro atoms. The zero-order chi connectivity index (χ0) is 15.0. The smallest absolute Gasteiger partial charge is 0.272 e. The molecule has 3 N–H and O–H groups in total. The van der Waals surface area contributed by atoms with Gasteiger partial charge < -0.3 is 5.73 Å². The van der Waals surface area contributed by atoms with Crippen molar-refractivity contribution in [2.45, 2.75) is 6.54 Å². The normalized spacial score (nSPS) is 10.9. The molecule has 3 rings (SSSR count). The van der Waals surface area contributed by atoms with E-state index in [0.29, 0.717) is 12.1 Å². The van der Waals surface area contributed by atoms with Crippen LogP contribution in [-0.2, 0) is 6.54 Å². The number of nitrogens with zero attached hydrogens (tertiary/aromatic N) is 1. The van der Waals surface area contributed by atoms with Crippen LogP contribution in [0, 0.1) is 11.9 Å². The summed E-state index contributed by atoms with van der Waals surface area (Å²) in [6, 6.07) is 11.8. The molecule has 21 heavy (non-hydrogen) atoms. The monoisotopic (exact) mass is 284 g/mol. The highest BCUT2D eigenvalue weighted by Crippen LogP contribution is 2.15. The van der Waals surface area contributed by atoms with E-state index in [0.717, 1.165) is 5.56 Å². The number of carbonyl (C=O) groups is 1. The molecule has 1 amide bonds. The molecular weight excluding hydrogens is 273 g/mol. The molecule has 6 heteroatoms. The van der Waals surface area contributed by atoms with Crippen molar-refractivity contribution in [1.82, 2.24) is 9.78 Å². The van der Waals surface area contributed by atoms with Crippen molar-refractivity contribution >= 4 is 16.8 Å². The lowest BCUT2D eigenvalue weighted by atomic mass is 10.1. The van der Waals surface area contributed by atoms with Crippen molar-refractivity contribution in [3.63, 3.8) is 0 Å². The summed E-state index contributed by atoms with van der Waals surface area (Å²) < 4.78 is 14.5. The summed E-state index contributed by atoms with van der Waals surface area (Å²) in [6.07, 6.45) is 0. The van der Waals surface area contributed by atoms with E-state index in [4.69, 9.17) is 5.73 Å². The number of aromatic amines is 1. The molecule has 3 aromatic rings. The third kappa shape index (κ3) is 2.31. The average Bonchev–Trinajstić information content (AvgIpc) is 2.78. The first-order valence-corrected chi connectivity index (χ1v) is 6.23. The number of carbonyl (C=O) groups excluding carboxylic acids is 1. The van der Waals surface area contributed by atoms with E-state index >= 15 is 0 Å². The van der Waals surface area contributed by atoms with E-state index in [2.05, 4.69) is 11.2 Å². The number of fused-ring (bicyclic) bond motifs is 1. The van der Waals surface area contributed by atoms with Gasteiger partial charge in [0, 0.05) is 0 Å². The van der Waals surface area contributed by atoms with Gasteiger partial charge in [-0.1, -0.05) is 18.2 Å². The Morgan fingerprint density at radius 3 is 2.67 bits per heavy atom. The van der Waals surface area contributed by atoms with Crippen LogP contribution in [0.15, 0.2) is 41.2 Å². The highest BCUT2D eigenvalue weighted by molar-refractivity contribution is 6.05. The molecule has 0 saturated carbocycles. The maximum atomic E-state index is 12.9. The Labute approximate surface area is 118 Å². The molecule has 0 bridgehead atoms. The fourth-order valence-corrected chi connectivity index (χ4v) is 2.27. The summed E-state index contributed by atoms with van der Waals surface area (Å²) in [7, 11) is 0. The van der Waals surface area contributed by atoms with Gasteiger partial charge in [0.1, 0.15) is 5.82 Å². The van der Waals surface area contributed by atoms with Gasteiger partial charge in [-0.15, -0.1) is 0 Å². The summed E-state index contributed by atoms with van der Waals surface area (Å²) in [6.45, 7) is 0.348. The summed E-state index contributed by atoms with van der Waals surface area (Å²) >= 11 is 0. The van der Waals surface area contributed by atoms with E-state index in [1.807, 2.05) is 0 Å². The first kappa shape index (κ1) is 13.1. The number of amides is 1. The van der Waals surface area contributed by atoms with Crippen LogP contribution in [0.2, 0.25) is 0 Å². The Hall–Kier alpha value is -2.89. The van der Waals surface area contributed by atoms with Gasteiger partial charge in [-0.3, -0.25) is 19.4 Å². The molecule has 5 nitrogen and oxygen atoms in total. The number of H-pyrrole nitrogens is 1.